The smallest absolute Gasteiger partial charge is 0.0499 e. The normalized spacial score (nSPS) is 11.9. The Kier molecular flexibility index (Phi) is 7.80. The van der Waals surface area contributed by atoms with Gasteiger partial charge in [0.25, 0.3) is 0 Å². The van der Waals surface area contributed by atoms with E-state index in [1.165, 1.54) is 19.8 Å². The molecule has 0 bridgehead atoms. The first-order valence-electron chi connectivity index (χ1n) is 3.15. The van der Waals surface area contributed by atoms with Crippen LogP contribution in [-0.2, 0) is -0.565 Å². The summed E-state index contributed by atoms with van der Waals surface area (Å²) >= 11 is 17.2. The van der Waals surface area contributed by atoms with Crippen LogP contribution in [0.1, 0.15) is 5.56 Å². The number of alkyl halides is 3. The van der Waals surface area contributed by atoms with Gasteiger partial charge in [0.05, 0.1) is 0 Å². The largest absolute Gasteiger partial charge is 0.151 e. The molecule has 0 amide bonds. The Morgan fingerprint density at radius 3 is 1.43 bits per heavy atom. The lowest BCUT2D eigenvalue weighted by molar-refractivity contribution is 1.31. The predicted molar refractivity (Wildman–Crippen MR) is 121 cm³/mol. The molecule has 0 aromatic heterocycles. The molecule has 0 radical (unpaired) electrons. The first-order valence-corrected chi connectivity index (χ1v) is 10.7. The average molecular weight is 973 g/mol. The summed E-state index contributed by atoms with van der Waals surface area (Å²) in [5.74, 6) is 0. The van der Waals surface area contributed by atoms with E-state index in [2.05, 4.69) is 164 Å². The highest BCUT2D eigenvalue weighted by Crippen LogP contribution is 2.50. The number of hydrogen-bond donors (Lipinski definition) is 0. The van der Waals surface area contributed by atoms with Crippen molar-refractivity contribution in [2.45, 2.75) is -0.565 Å². The zero-order valence-electron chi connectivity index (χ0n) is 6.22. The van der Waals surface area contributed by atoms with Crippen LogP contribution < -0.4 is 0 Å². The molecule has 0 unspecified atom stereocenters. The molecule has 0 atom stereocenters. The fourth-order valence-corrected chi connectivity index (χ4v) is 9.47. The van der Waals surface area contributed by atoms with E-state index in [0.29, 0.717) is 0 Å². The zero-order valence-corrected chi connectivity index (χ0v) is 21.3. The summed E-state index contributed by atoms with van der Waals surface area (Å²) in [6.07, 6.45) is 0. The van der Waals surface area contributed by atoms with Crippen LogP contribution in [0.25, 0.3) is 0 Å². The molecule has 0 aliphatic rings. The van der Waals surface area contributed by atoms with Crippen LogP contribution in [0.2, 0.25) is 0 Å². The van der Waals surface area contributed by atoms with Crippen LogP contribution in [-0.4, -0.2) is 0 Å². The molecule has 0 saturated heterocycles. The molecule has 0 nitrogen and oxygen atoms in total. The topological polar surface area (TPSA) is 0 Å². The highest BCUT2D eigenvalue weighted by atomic mass is 127. The Hall–Kier alpha value is 4.33. The molecule has 1 rings (SSSR count). The van der Waals surface area contributed by atoms with Gasteiger partial charge in [0.2, 0.25) is 0 Å². The van der Waals surface area contributed by atoms with Crippen LogP contribution in [0, 0.1) is 14.3 Å². The third-order valence-corrected chi connectivity index (χ3v) is 9.02. The molecule has 1 aromatic carbocycles. The quantitative estimate of drug-likeness (QED) is 0.171. The van der Waals surface area contributed by atoms with Crippen molar-refractivity contribution in [1.82, 2.24) is 0 Å². The minimum Gasteiger partial charge on any atom is -0.0499 e. The Labute approximate surface area is 179 Å². The second-order valence-electron chi connectivity index (χ2n) is 2.34. The SMILES string of the molecule is Ic1cc(I)c(I)c(C(I)(I)I)c1I. The number of rotatable bonds is 1. The lowest BCUT2D eigenvalue weighted by atomic mass is 10.2. The Morgan fingerprint density at radius 2 is 1.14 bits per heavy atom. The van der Waals surface area contributed by atoms with Gasteiger partial charge in [-0.25, -0.2) is 0 Å². The van der Waals surface area contributed by atoms with Crippen LogP contribution in [0.4, 0.5) is 0 Å². The monoisotopic (exact) mass is 973 g/mol. The summed E-state index contributed by atoms with van der Waals surface area (Å²) in [5, 5.41) is 0. The van der Waals surface area contributed by atoms with Gasteiger partial charge in [-0.2, -0.15) is 0 Å². The Bertz CT molecular complexity index is 339. The van der Waals surface area contributed by atoms with E-state index >= 15 is 0 Å². The fraction of sp³-hybridized carbons (Fsp3) is 0.143. The third kappa shape index (κ3) is 4.17. The van der Waals surface area contributed by atoms with Gasteiger partial charge in [-0.3, -0.25) is 0 Å². The van der Waals surface area contributed by atoms with Gasteiger partial charge < -0.3 is 0 Å². The number of benzene rings is 1. The van der Waals surface area contributed by atoms with Crippen LogP contribution in [0.15, 0.2) is 6.07 Å². The third-order valence-electron chi connectivity index (χ3n) is 1.40. The molecule has 78 valence electrons. The van der Waals surface area contributed by atoms with Crippen molar-refractivity contribution in [1.29, 1.82) is 0 Å². The molecule has 0 spiro atoms. The molecule has 14 heavy (non-hydrogen) atoms. The molecular formula is C7HI7. The predicted octanol–water partition coefficient (Wildman–Crippen LogP) is 6.52. The minimum atomic E-state index is 0.140. The van der Waals surface area contributed by atoms with Crippen LogP contribution in [0.3, 0.4) is 0 Å². The van der Waals surface area contributed by atoms with Crippen LogP contribution >= 0.6 is 158 Å². The summed E-state index contributed by atoms with van der Waals surface area (Å²) < 4.78 is 5.59. The molecular weight excluding hydrogens is 972 g/mol. The highest BCUT2D eigenvalue weighted by molar-refractivity contribution is 14.3. The van der Waals surface area contributed by atoms with Crippen molar-refractivity contribution in [3.63, 3.8) is 0 Å². The first-order chi connectivity index (χ1) is 6.25. The van der Waals surface area contributed by atoms with Crippen molar-refractivity contribution >= 4 is 158 Å². The zero-order chi connectivity index (χ0) is 11.1. The van der Waals surface area contributed by atoms with Crippen molar-refractivity contribution in [3.8, 4) is 0 Å². The molecule has 0 aliphatic heterocycles. The molecule has 0 heterocycles. The van der Waals surface area contributed by atoms with Crippen molar-refractivity contribution in [3.05, 3.63) is 25.9 Å². The molecule has 0 fully saturated rings. The van der Waals surface area contributed by atoms with Crippen molar-refractivity contribution in [2.75, 3.05) is 0 Å². The first kappa shape index (κ1) is 16.4. The van der Waals surface area contributed by atoms with Gasteiger partial charge in [-0.05, 0) is 164 Å². The van der Waals surface area contributed by atoms with E-state index < -0.39 is 0 Å². The summed E-state index contributed by atoms with van der Waals surface area (Å²) in [7, 11) is 0. The van der Waals surface area contributed by atoms with E-state index in [-0.39, 0.29) is -0.565 Å². The summed E-state index contributed by atoms with van der Waals surface area (Å²) in [4.78, 5) is 0. The van der Waals surface area contributed by atoms with Gasteiger partial charge in [0, 0.05) is 19.8 Å². The summed E-state index contributed by atoms with van der Waals surface area (Å²) in [5.41, 5.74) is 1.44. The van der Waals surface area contributed by atoms with E-state index in [4.69, 9.17) is 0 Å². The Morgan fingerprint density at radius 1 is 0.786 bits per heavy atom. The van der Waals surface area contributed by atoms with Crippen LogP contribution in [0.5, 0.6) is 0 Å². The van der Waals surface area contributed by atoms with Crippen molar-refractivity contribution < 1.29 is 0 Å². The second-order valence-corrected chi connectivity index (χ2v) is 17.9. The number of hydrogen-bond acceptors (Lipinski definition) is 0. The maximum Gasteiger partial charge on any atom is 0.151 e. The molecule has 0 saturated carbocycles. The minimum absolute atomic E-state index is 0.140. The molecule has 0 N–H and O–H groups in total. The van der Waals surface area contributed by atoms with Crippen molar-refractivity contribution in [2.24, 2.45) is 0 Å². The van der Waals surface area contributed by atoms with Gasteiger partial charge in [-0.1, -0.05) is 0 Å². The van der Waals surface area contributed by atoms with Gasteiger partial charge >= 0.3 is 0 Å². The van der Waals surface area contributed by atoms with Gasteiger partial charge in [0.15, 0.2) is -0.565 Å². The van der Waals surface area contributed by atoms with E-state index in [0.717, 1.165) is 0 Å². The maximum atomic E-state index is 2.48. The van der Waals surface area contributed by atoms with Gasteiger partial charge in [-0.15, -0.1) is 0 Å². The average Bonchev–Trinajstić information content (AvgIpc) is 1.98. The maximum absolute atomic E-state index is 2.48. The summed E-state index contributed by atoms with van der Waals surface area (Å²) in [6.45, 7) is 0. The summed E-state index contributed by atoms with van der Waals surface area (Å²) in [6, 6.07) is 2.24. The van der Waals surface area contributed by atoms with E-state index in [1.54, 1.807) is 0 Å². The standard InChI is InChI=1S/C7HI7/c8-2-1-3(9)6(11)4(5(2)10)7(12,13)14/h1H. The Balaban J connectivity index is 3.56. The van der Waals surface area contributed by atoms with Gasteiger partial charge in [0.1, 0.15) is 0 Å². The highest BCUT2D eigenvalue weighted by Gasteiger charge is 2.28. The molecule has 1 aromatic rings. The van der Waals surface area contributed by atoms with E-state index in [9.17, 15) is 0 Å². The lowest BCUT2D eigenvalue weighted by Crippen LogP contribution is -2.07. The fourth-order valence-electron chi connectivity index (χ4n) is 0.822. The molecule has 0 aliphatic carbocycles. The molecule has 7 heteroatoms. The van der Waals surface area contributed by atoms with E-state index in [1.807, 2.05) is 0 Å². The second kappa shape index (κ2) is 6.67. The lowest BCUT2D eigenvalue weighted by Gasteiger charge is -2.19. The number of halogens is 7.